The third kappa shape index (κ3) is 4.49. The van der Waals surface area contributed by atoms with E-state index in [4.69, 9.17) is 4.98 Å². The maximum Gasteiger partial charge on any atom is 0.255 e. The molecule has 152 valence electrons. The van der Waals surface area contributed by atoms with E-state index in [9.17, 15) is 4.79 Å². The zero-order valence-corrected chi connectivity index (χ0v) is 17.5. The molecular weight excluding hydrogens is 362 g/mol. The Morgan fingerprint density at radius 3 is 2.48 bits per heavy atom. The molecule has 0 atom stereocenters. The lowest BCUT2D eigenvalue weighted by Crippen LogP contribution is -2.45. The van der Waals surface area contributed by atoms with Crippen molar-refractivity contribution >= 4 is 22.6 Å². The first kappa shape index (κ1) is 19.6. The number of aromatic nitrogens is 2. The van der Waals surface area contributed by atoms with Crippen molar-refractivity contribution in [2.45, 2.75) is 13.3 Å². The highest BCUT2D eigenvalue weighted by Gasteiger charge is 2.15. The Hall–Kier alpha value is -2.70. The average Bonchev–Trinajstić information content (AvgIpc) is 3.03. The summed E-state index contributed by atoms with van der Waals surface area (Å²) in [5.41, 5.74) is 4.58. The van der Waals surface area contributed by atoms with Gasteiger partial charge in [0.05, 0.1) is 11.0 Å². The van der Waals surface area contributed by atoms with Crippen molar-refractivity contribution in [2.75, 3.05) is 45.1 Å². The van der Waals surface area contributed by atoms with Crippen molar-refractivity contribution in [2.24, 2.45) is 7.05 Å². The van der Waals surface area contributed by atoms with Crippen molar-refractivity contribution in [3.05, 3.63) is 59.4 Å². The van der Waals surface area contributed by atoms with Crippen LogP contribution in [0.15, 0.2) is 42.5 Å². The van der Waals surface area contributed by atoms with Crippen LogP contribution in [0.4, 0.5) is 5.69 Å². The fraction of sp³-hybridized carbons (Fsp3) is 0.391. The largest absolute Gasteiger partial charge is 0.331 e. The maximum atomic E-state index is 12.5. The van der Waals surface area contributed by atoms with E-state index in [1.807, 2.05) is 49.4 Å². The van der Waals surface area contributed by atoms with Gasteiger partial charge in [0.2, 0.25) is 0 Å². The van der Waals surface area contributed by atoms with Gasteiger partial charge in [0, 0.05) is 57.4 Å². The quantitative estimate of drug-likeness (QED) is 0.727. The molecule has 0 bridgehead atoms. The minimum atomic E-state index is -0.101. The summed E-state index contributed by atoms with van der Waals surface area (Å²) in [5, 5.41) is 2.99. The highest BCUT2D eigenvalue weighted by atomic mass is 16.1. The van der Waals surface area contributed by atoms with Crippen molar-refractivity contribution < 1.29 is 4.79 Å². The van der Waals surface area contributed by atoms with Gasteiger partial charge in [-0.1, -0.05) is 17.7 Å². The van der Waals surface area contributed by atoms with Gasteiger partial charge in [0.25, 0.3) is 5.91 Å². The number of nitrogens with zero attached hydrogens (tertiary/aromatic N) is 4. The van der Waals surface area contributed by atoms with Gasteiger partial charge in [-0.3, -0.25) is 4.79 Å². The first-order valence-electron chi connectivity index (χ1n) is 10.2. The molecule has 6 nitrogen and oxygen atoms in total. The van der Waals surface area contributed by atoms with Crippen molar-refractivity contribution in [1.29, 1.82) is 0 Å². The molecule has 0 saturated carbocycles. The fourth-order valence-corrected chi connectivity index (χ4v) is 3.79. The summed E-state index contributed by atoms with van der Waals surface area (Å²) >= 11 is 0. The number of piperazine rings is 1. The summed E-state index contributed by atoms with van der Waals surface area (Å²) in [5.74, 6) is 0.983. The van der Waals surface area contributed by atoms with E-state index in [0.29, 0.717) is 5.56 Å². The Balaban J connectivity index is 1.45. The number of aryl methyl sites for hydroxylation is 2. The summed E-state index contributed by atoms with van der Waals surface area (Å²) in [6.45, 7) is 7.55. The number of benzene rings is 2. The Kier molecular flexibility index (Phi) is 5.65. The minimum Gasteiger partial charge on any atom is -0.331 e. The number of hydrogen-bond donors (Lipinski definition) is 1. The lowest BCUT2D eigenvalue weighted by atomic mass is 10.1. The topological polar surface area (TPSA) is 53.4 Å². The zero-order valence-electron chi connectivity index (χ0n) is 17.5. The van der Waals surface area contributed by atoms with E-state index in [1.54, 1.807) is 0 Å². The third-order valence-electron chi connectivity index (χ3n) is 5.79. The number of anilines is 1. The predicted octanol–water partition coefficient (Wildman–Crippen LogP) is 2.92. The van der Waals surface area contributed by atoms with E-state index in [2.05, 4.69) is 33.8 Å². The molecule has 1 fully saturated rings. The van der Waals surface area contributed by atoms with E-state index in [1.165, 1.54) is 0 Å². The van der Waals surface area contributed by atoms with Gasteiger partial charge < -0.3 is 19.7 Å². The van der Waals surface area contributed by atoms with Crippen LogP contribution in [0.3, 0.4) is 0 Å². The molecule has 6 heteroatoms. The smallest absolute Gasteiger partial charge is 0.255 e. The first-order chi connectivity index (χ1) is 14.0. The number of amides is 1. The zero-order chi connectivity index (χ0) is 20.4. The summed E-state index contributed by atoms with van der Waals surface area (Å²) in [6, 6.07) is 13.5. The number of imidazole rings is 1. The lowest BCUT2D eigenvalue weighted by molar-refractivity contribution is 0.102. The molecule has 2 heterocycles. The Bertz CT molecular complexity index is 1000. The van der Waals surface area contributed by atoms with E-state index >= 15 is 0 Å². The number of nitrogens with one attached hydrogen (secondary N) is 1. The fourth-order valence-electron chi connectivity index (χ4n) is 3.79. The molecule has 0 unspecified atom stereocenters. The van der Waals surface area contributed by atoms with Crippen LogP contribution >= 0.6 is 0 Å². The molecule has 1 saturated heterocycles. The van der Waals surface area contributed by atoms with Crippen LogP contribution < -0.4 is 5.32 Å². The van der Waals surface area contributed by atoms with Crippen LogP contribution in [0.5, 0.6) is 0 Å². The number of carbonyl (C=O) groups is 1. The van der Waals surface area contributed by atoms with Crippen LogP contribution in [0, 0.1) is 6.92 Å². The molecule has 0 radical (unpaired) electrons. The van der Waals surface area contributed by atoms with Crippen molar-refractivity contribution in [3.63, 3.8) is 0 Å². The van der Waals surface area contributed by atoms with Gasteiger partial charge in [-0.15, -0.1) is 0 Å². The molecule has 1 aliphatic rings. The van der Waals surface area contributed by atoms with Gasteiger partial charge in [-0.2, -0.15) is 0 Å². The van der Waals surface area contributed by atoms with Gasteiger partial charge in [0.1, 0.15) is 5.82 Å². The predicted molar refractivity (Wildman–Crippen MR) is 117 cm³/mol. The normalized spacial score (nSPS) is 15.7. The summed E-state index contributed by atoms with van der Waals surface area (Å²) in [6.07, 6.45) is 0.931. The number of fused-ring (bicyclic) bond motifs is 1. The van der Waals surface area contributed by atoms with Crippen LogP contribution in [0.25, 0.3) is 11.0 Å². The molecular formula is C23H29N5O. The Labute approximate surface area is 172 Å². The third-order valence-corrected chi connectivity index (χ3v) is 5.79. The van der Waals surface area contributed by atoms with Gasteiger partial charge in [0.15, 0.2) is 0 Å². The van der Waals surface area contributed by atoms with Gasteiger partial charge in [-0.25, -0.2) is 4.98 Å². The van der Waals surface area contributed by atoms with Crippen LogP contribution in [0.2, 0.25) is 0 Å². The summed E-state index contributed by atoms with van der Waals surface area (Å²) < 4.78 is 2.16. The molecule has 1 amide bonds. The second-order valence-corrected chi connectivity index (χ2v) is 8.01. The minimum absolute atomic E-state index is 0.101. The van der Waals surface area contributed by atoms with Gasteiger partial charge >= 0.3 is 0 Å². The molecule has 2 aromatic carbocycles. The van der Waals surface area contributed by atoms with E-state index in [0.717, 1.165) is 67.3 Å². The van der Waals surface area contributed by atoms with E-state index in [-0.39, 0.29) is 5.91 Å². The van der Waals surface area contributed by atoms with Crippen LogP contribution in [-0.2, 0) is 13.5 Å². The number of hydrogen-bond acceptors (Lipinski definition) is 4. The lowest BCUT2D eigenvalue weighted by Gasteiger charge is -2.32. The average molecular weight is 392 g/mol. The van der Waals surface area contributed by atoms with Crippen molar-refractivity contribution in [3.8, 4) is 0 Å². The second-order valence-electron chi connectivity index (χ2n) is 8.01. The molecule has 1 aliphatic heterocycles. The van der Waals surface area contributed by atoms with E-state index < -0.39 is 0 Å². The standard InChI is InChI=1S/C23H29N5O/c1-17-4-6-18(7-5-17)23(29)24-19-8-9-21-20(16-19)25-22(27(21)3)10-11-28-14-12-26(2)13-15-28/h4-9,16H,10-15H2,1-3H3,(H,24,29). The highest BCUT2D eigenvalue weighted by molar-refractivity contribution is 6.05. The maximum absolute atomic E-state index is 12.5. The Morgan fingerprint density at radius 2 is 1.76 bits per heavy atom. The monoisotopic (exact) mass is 391 g/mol. The molecule has 0 aliphatic carbocycles. The molecule has 0 spiro atoms. The number of carbonyl (C=O) groups excluding carboxylic acids is 1. The Morgan fingerprint density at radius 1 is 1.03 bits per heavy atom. The van der Waals surface area contributed by atoms with Crippen LogP contribution in [-0.4, -0.2) is 65.0 Å². The number of rotatable bonds is 5. The summed E-state index contributed by atoms with van der Waals surface area (Å²) in [4.78, 5) is 22.2. The molecule has 29 heavy (non-hydrogen) atoms. The molecule has 4 rings (SSSR count). The highest BCUT2D eigenvalue weighted by Crippen LogP contribution is 2.21. The van der Waals surface area contributed by atoms with Crippen LogP contribution in [0.1, 0.15) is 21.7 Å². The molecule has 1 N–H and O–H groups in total. The molecule has 3 aromatic rings. The first-order valence-corrected chi connectivity index (χ1v) is 10.2. The second kappa shape index (κ2) is 8.35. The van der Waals surface area contributed by atoms with Gasteiger partial charge in [-0.05, 0) is 44.3 Å². The van der Waals surface area contributed by atoms with Crippen molar-refractivity contribution in [1.82, 2.24) is 19.4 Å². The molecule has 1 aromatic heterocycles. The summed E-state index contributed by atoms with van der Waals surface area (Å²) in [7, 11) is 4.25. The SMILES string of the molecule is Cc1ccc(C(=O)Nc2ccc3c(c2)nc(CCN2CCN(C)CC2)n3C)cc1. The number of likely N-dealkylation sites (N-methyl/N-ethyl adjacent to an activating group) is 1.